The number of aliphatic hydroxyl groups excluding tert-OH is 1. The molecule has 112 valence electrons. The second-order valence-electron chi connectivity index (χ2n) is 4.82. The standard InChI is InChI=1S/C16H15F3O2/c1-11-2-6-13(7-3-11)15(20)10-12-4-8-14(9-5-12)21-16(17,18)19/h2-9,15,20H,10H2,1H3. The third-order valence-electron chi connectivity index (χ3n) is 3.05. The zero-order valence-corrected chi connectivity index (χ0v) is 11.4. The van der Waals surface area contributed by atoms with Crippen molar-refractivity contribution < 1.29 is 23.0 Å². The van der Waals surface area contributed by atoms with E-state index in [4.69, 9.17) is 0 Å². The van der Waals surface area contributed by atoms with E-state index in [-0.39, 0.29) is 5.75 Å². The van der Waals surface area contributed by atoms with Crippen LogP contribution in [0.5, 0.6) is 5.75 Å². The highest BCUT2D eigenvalue weighted by Gasteiger charge is 2.30. The molecule has 0 aromatic heterocycles. The Labute approximate surface area is 120 Å². The molecule has 2 aromatic rings. The van der Waals surface area contributed by atoms with Crippen LogP contribution in [0.1, 0.15) is 22.8 Å². The molecule has 1 unspecified atom stereocenters. The van der Waals surface area contributed by atoms with Gasteiger partial charge in [0.15, 0.2) is 0 Å². The van der Waals surface area contributed by atoms with Crippen LogP contribution in [0.3, 0.4) is 0 Å². The number of aliphatic hydroxyl groups is 1. The quantitative estimate of drug-likeness (QED) is 0.917. The number of rotatable bonds is 4. The van der Waals surface area contributed by atoms with Gasteiger partial charge in [0.1, 0.15) is 5.75 Å². The van der Waals surface area contributed by atoms with Gasteiger partial charge in [-0.2, -0.15) is 0 Å². The predicted octanol–water partition coefficient (Wildman–Crippen LogP) is 4.17. The maximum absolute atomic E-state index is 12.0. The molecule has 0 aliphatic rings. The molecule has 0 bridgehead atoms. The van der Waals surface area contributed by atoms with E-state index in [0.717, 1.165) is 16.7 Å². The van der Waals surface area contributed by atoms with Crippen LogP contribution in [0.15, 0.2) is 48.5 Å². The Morgan fingerprint density at radius 2 is 1.57 bits per heavy atom. The topological polar surface area (TPSA) is 29.5 Å². The lowest BCUT2D eigenvalue weighted by atomic mass is 10.0. The van der Waals surface area contributed by atoms with Crippen LogP contribution in [0.4, 0.5) is 13.2 Å². The highest BCUT2D eigenvalue weighted by molar-refractivity contribution is 5.30. The van der Waals surface area contributed by atoms with Gasteiger partial charge in [0.25, 0.3) is 0 Å². The van der Waals surface area contributed by atoms with Crippen molar-refractivity contribution in [3.05, 3.63) is 65.2 Å². The Balaban J connectivity index is 2.01. The summed E-state index contributed by atoms with van der Waals surface area (Å²) in [6.45, 7) is 1.95. The molecule has 2 rings (SSSR count). The summed E-state index contributed by atoms with van der Waals surface area (Å²) in [4.78, 5) is 0. The average molecular weight is 296 g/mol. The van der Waals surface area contributed by atoms with E-state index >= 15 is 0 Å². The highest BCUT2D eigenvalue weighted by Crippen LogP contribution is 2.24. The number of aryl methyl sites for hydroxylation is 1. The van der Waals surface area contributed by atoms with Crippen molar-refractivity contribution in [1.82, 2.24) is 0 Å². The van der Waals surface area contributed by atoms with E-state index < -0.39 is 12.5 Å². The normalized spacial score (nSPS) is 13.0. The molecule has 0 spiro atoms. The van der Waals surface area contributed by atoms with Crippen molar-refractivity contribution in [2.45, 2.75) is 25.8 Å². The molecular formula is C16H15F3O2. The second-order valence-corrected chi connectivity index (χ2v) is 4.82. The Morgan fingerprint density at radius 1 is 1.00 bits per heavy atom. The van der Waals surface area contributed by atoms with Crippen LogP contribution in [-0.4, -0.2) is 11.5 Å². The van der Waals surface area contributed by atoms with Crippen LogP contribution >= 0.6 is 0 Å². The van der Waals surface area contributed by atoms with E-state index in [0.29, 0.717) is 6.42 Å². The number of ether oxygens (including phenoxy) is 1. The van der Waals surface area contributed by atoms with E-state index in [9.17, 15) is 18.3 Å². The van der Waals surface area contributed by atoms with Gasteiger partial charge in [-0.15, -0.1) is 13.2 Å². The largest absolute Gasteiger partial charge is 0.573 e. The first kappa shape index (κ1) is 15.4. The average Bonchev–Trinajstić information content (AvgIpc) is 2.40. The van der Waals surface area contributed by atoms with Crippen molar-refractivity contribution in [3.63, 3.8) is 0 Å². The molecule has 0 heterocycles. The van der Waals surface area contributed by atoms with Gasteiger partial charge in [0.2, 0.25) is 0 Å². The molecule has 0 saturated carbocycles. The Kier molecular flexibility index (Phi) is 4.53. The molecule has 1 N–H and O–H groups in total. The minimum absolute atomic E-state index is 0.268. The van der Waals surface area contributed by atoms with E-state index in [1.807, 2.05) is 31.2 Å². The molecule has 5 heteroatoms. The smallest absolute Gasteiger partial charge is 0.406 e. The number of hydrogen-bond donors (Lipinski definition) is 1. The molecule has 2 aromatic carbocycles. The predicted molar refractivity (Wildman–Crippen MR) is 73.0 cm³/mol. The third kappa shape index (κ3) is 4.79. The summed E-state index contributed by atoms with van der Waals surface area (Å²) < 4.78 is 39.9. The molecule has 21 heavy (non-hydrogen) atoms. The van der Waals surface area contributed by atoms with Crippen molar-refractivity contribution in [2.75, 3.05) is 0 Å². The maximum Gasteiger partial charge on any atom is 0.573 e. The summed E-state index contributed by atoms with van der Waals surface area (Å²) in [5, 5.41) is 10.1. The third-order valence-corrected chi connectivity index (χ3v) is 3.05. The zero-order chi connectivity index (χ0) is 15.5. The molecule has 0 saturated heterocycles. The lowest BCUT2D eigenvalue weighted by Gasteiger charge is -2.13. The molecule has 0 aliphatic heterocycles. The van der Waals surface area contributed by atoms with Gasteiger partial charge in [-0.25, -0.2) is 0 Å². The summed E-state index contributed by atoms with van der Waals surface area (Å²) in [6, 6.07) is 13.0. The van der Waals surface area contributed by atoms with Crippen LogP contribution in [0, 0.1) is 6.92 Å². The molecular weight excluding hydrogens is 281 g/mol. The highest BCUT2D eigenvalue weighted by atomic mass is 19.4. The molecule has 0 fully saturated rings. The molecule has 0 aliphatic carbocycles. The van der Waals surface area contributed by atoms with Crippen LogP contribution in [0.2, 0.25) is 0 Å². The van der Waals surface area contributed by atoms with Crippen molar-refractivity contribution in [2.24, 2.45) is 0 Å². The van der Waals surface area contributed by atoms with Gasteiger partial charge in [-0.1, -0.05) is 42.0 Å². The van der Waals surface area contributed by atoms with Crippen LogP contribution in [-0.2, 0) is 6.42 Å². The summed E-state index contributed by atoms with van der Waals surface area (Å²) in [5.41, 5.74) is 2.61. The Bertz CT molecular complexity index is 574. The lowest BCUT2D eigenvalue weighted by molar-refractivity contribution is -0.274. The van der Waals surface area contributed by atoms with Gasteiger partial charge in [0, 0.05) is 6.42 Å². The number of alkyl halides is 3. The first-order valence-electron chi connectivity index (χ1n) is 6.43. The monoisotopic (exact) mass is 296 g/mol. The molecule has 0 amide bonds. The lowest BCUT2D eigenvalue weighted by Crippen LogP contribution is -2.17. The fraction of sp³-hybridized carbons (Fsp3) is 0.250. The van der Waals surface area contributed by atoms with Crippen LogP contribution in [0.25, 0.3) is 0 Å². The summed E-state index contributed by atoms with van der Waals surface area (Å²) in [6.07, 6.45) is -5.06. The number of benzene rings is 2. The van der Waals surface area contributed by atoms with E-state index in [1.165, 1.54) is 24.3 Å². The maximum atomic E-state index is 12.0. The Morgan fingerprint density at radius 3 is 2.10 bits per heavy atom. The van der Waals surface area contributed by atoms with E-state index in [1.54, 1.807) is 0 Å². The van der Waals surface area contributed by atoms with Gasteiger partial charge in [-0.3, -0.25) is 0 Å². The van der Waals surface area contributed by atoms with Gasteiger partial charge >= 0.3 is 6.36 Å². The van der Waals surface area contributed by atoms with Crippen molar-refractivity contribution in [1.29, 1.82) is 0 Å². The van der Waals surface area contributed by atoms with Crippen molar-refractivity contribution in [3.8, 4) is 5.75 Å². The fourth-order valence-electron chi connectivity index (χ4n) is 1.96. The SMILES string of the molecule is Cc1ccc(C(O)Cc2ccc(OC(F)(F)F)cc2)cc1. The van der Waals surface area contributed by atoms with Crippen molar-refractivity contribution >= 4 is 0 Å². The molecule has 1 atom stereocenters. The summed E-state index contributed by atoms with van der Waals surface area (Å²) in [7, 11) is 0. The zero-order valence-electron chi connectivity index (χ0n) is 11.4. The van der Waals surface area contributed by atoms with E-state index in [2.05, 4.69) is 4.74 Å². The minimum atomic E-state index is -4.69. The molecule has 2 nitrogen and oxygen atoms in total. The minimum Gasteiger partial charge on any atom is -0.406 e. The number of halogens is 3. The van der Waals surface area contributed by atoms with Crippen LogP contribution < -0.4 is 4.74 Å². The summed E-state index contributed by atoms with van der Waals surface area (Å²) >= 11 is 0. The first-order chi connectivity index (χ1) is 9.83. The first-order valence-corrected chi connectivity index (χ1v) is 6.43. The van der Waals surface area contributed by atoms with Gasteiger partial charge in [-0.05, 0) is 30.2 Å². The molecule has 0 radical (unpaired) electrons. The van der Waals surface area contributed by atoms with Gasteiger partial charge in [0.05, 0.1) is 6.10 Å². The van der Waals surface area contributed by atoms with Gasteiger partial charge < -0.3 is 9.84 Å². The fourth-order valence-corrected chi connectivity index (χ4v) is 1.96. The Hall–Kier alpha value is -2.01. The number of hydrogen-bond acceptors (Lipinski definition) is 2. The second kappa shape index (κ2) is 6.18. The summed E-state index contributed by atoms with van der Waals surface area (Å²) in [5.74, 6) is -0.268.